The van der Waals surface area contributed by atoms with Crippen LogP contribution in [0.15, 0.2) is 18.2 Å². The van der Waals surface area contributed by atoms with E-state index < -0.39 is 0 Å². The van der Waals surface area contributed by atoms with Gasteiger partial charge in [0.15, 0.2) is 0 Å². The fourth-order valence-electron chi connectivity index (χ4n) is 2.87. The minimum Gasteiger partial charge on any atom is -0.334 e. The van der Waals surface area contributed by atoms with Gasteiger partial charge in [-0.25, -0.2) is 0 Å². The van der Waals surface area contributed by atoms with E-state index in [-0.39, 0.29) is 11.9 Å². The van der Waals surface area contributed by atoms with Crippen molar-refractivity contribution in [3.05, 3.63) is 33.8 Å². The number of benzene rings is 1. The van der Waals surface area contributed by atoms with Gasteiger partial charge in [-0.15, -0.1) is 0 Å². The minimum atomic E-state index is -0.0119. The molecule has 0 bridgehead atoms. The van der Waals surface area contributed by atoms with E-state index in [1.807, 2.05) is 17.0 Å². The van der Waals surface area contributed by atoms with E-state index in [1.54, 1.807) is 6.07 Å². The summed E-state index contributed by atoms with van der Waals surface area (Å²) in [6, 6.07) is 6.00. The van der Waals surface area contributed by atoms with E-state index in [9.17, 15) is 4.79 Å². The van der Waals surface area contributed by atoms with Crippen molar-refractivity contribution in [3.8, 4) is 0 Å². The number of hydrogen-bond acceptors (Lipinski definition) is 2. The van der Waals surface area contributed by atoms with Crippen LogP contribution in [-0.2, 0) is 11.3 Å². The Hall–Kier alpha value is -0.770. The number of nitrogens with one attached hydrogen (secondary N) is 1. The molecule has 2 fully saturated rings. The van der Waals surface area contributed by atoms with Gasteiger partial charge in [-0.2, -0.15) is 0 Å². The predicted molar refractivity (Wildman–Crippen MR) is 85.7 cm³/mol. The van der Waals surface area contributed by atoms with Gasteiger partial charge in [0.1, 0.15) is 0 Å². The molecular formula is C16H20Cl2N2O. The molecule has 1 amide bonds. The lowest BCUT2D eigenvalue weighted by Gasteiger charge is -2.30. The van der Waals surface area contributed by atoms with Crippen LogP contribution in [-0.4, -0.2) is 29.4 Å². The second-order valence-corrected chi connectivity index (χ2v) is 6.76. The Labute approximate surface area is 135 Å². The molecule has 1 aliphatic heterocycles. The molecule has 2 aliphatic rings. The summed E-state index contributed by atoms with van der Waals surface area (Å²) in [6.45, 7) is 1.57. The van der Waals surface area contributed by atoms with Crippen LogP contribution in [0, 0.1) is 0 Å². The van der Waals surface area contributed by atoms with Crippen LogP contribution < -0.4 is 5.32 Å². The number of rotatable bonds is 4. The van der Waals surface area contributed by atoms with Crippen molar-refractivity contribution in [2.45, 2.75) is 50.7 Å². The van der Waals surface area contributed by atoms with Crippen molar-refractivity contribution < 1.29 is 4.79 Å². The Morgan fingerprint density at radius 3 is 2.62 bits per heavy atom. The highest BCUT2D eigenvalue weighted by Gasteiger charge is 2.36. The summed E-state index contributed by atoms with van der Waals surface area (Å²) in [5, 5.41) is 4.45. The van der Waals surface area contributed by atoms with E-state index >= 15 is 0 Å². The summed E-state index contributed by atoms with van der Waals surface area (Å²) in [5.41, 5.74) is 1.04. The van der Waals surface area contributed by atoms with Gasteiger partial charge in [0.25, 0.3) is 0 Å². The fraction of sp³-hybridized carbons (Fsp3) is 0.562. The lowest BCUT2D eigenvalue weighted by atomic mass is 10.0. The van der Waals surface area contributed by atoms with Gasteiger partial charge in [0, 0.05) is 12.6 Å². The molecule has 21 heavy (non-hydrogen) atoms. The largest absolute Gasteiger partial charge is 0.334 e. The maximum absolute atomic E-state index is 12.7. The highest BCUT2D eigenvalue weighted by Crippen LogP contribution is 2.31. The lowest BCUT2D eigenvalue weighted by Crippen LogP contribution is -2.49. The van der Waals surface area contributed by atoms with Crippen molar-refractivity contribution in [1.82, 2.24) is 10.2 Å². The molecule has 0 unspecified atom stereocenters. The fourth-order valence-corrected chi connectivity index (χ4v) is 3.19. The Morgan fingerprint density at radius 2 is 2.00 bits per heavy atom. The molecule has 1 aromatic carbocycles. The molecule has 0 aromatic heterocycles. The molecule has 1 aliphatic carbocycles. The summed E-state index contributed by atoms with van der Waals surface area (Å²) in [6.07, 6.45) is 5.47. The zero-order valence-electron chi connectivity index (χ0n) is 11.9. The summed E-state index contributed by atoms with van der Waals surface area (Å²) in [7, 11) is 0. The van der Waals surface area contributed by atoms with Gasteiger partial charge in [-0.1, -0.05) is 35.7 Å². The molecule has 5 heteroatoms. The first-order valence-electron chi connectivity index (χ1n) is 7.63. The summed E-state index contributed by atoms with van der Waals surface area (Å²) in [4.78, 5) is 14.8. The molecule has 1 saturated heterocycles. The first-order chi connectivity index (χ1) is 10.1. The number of carbonyl (C=O) groups is 1. The van der Waals surface area contributed by atoms with Crippen molar-refractivity contribution in [2.75, 3.05) is 6.54 Å². The maximum atomic E-state index is 12.7. The molecule has 114 valence electrons. The highest BCUT2D eigenvalue weighted by atomic mass is 35.5. The molecule has 1 saturated carbocycles. The number of hydrogen-bond donors (Lipinski definition) is 1. The van der Waals surface area contributed by atoms with Crippen molar-refractivity contribution in [1.29, 1.82) is 0 Å². The third-order valence-corrected chi connectivity index (χ3v) is 4.96. The Kier molecular flexibility index (Phi) is 4.72. The van der Waals surface area contributed by atoms with Crippen LogP contribution >= 0.6 is 23.2 Å². The average molecular weight is 327 g/mol. The Balaban J connectivity index is 1.71. The zero-order chi connectivity index (χ0) is 14.8. The van der Waals surface area contributed by atoms with Crippen LogP contribution in [0.1, 0.15) is 37.7 Å². The topological polar surface area (TPSA) is 32.3 Å². The third-order valence-electron chi connectivity index (χ3n) is 4.22. The van der Waals surface area contributed by atoms with E-state index in [0.29, 0.717) is 22.6 Å². The van der Waals surface area contributed by atoms with Crippen molar-refractivity contribution in [3.63, 3.8) is 0 Å². The molecule has 1 heterocycles. The second-order valence-electron chi connectivity index (χ2n) is 5.95. The number of piperidine rings is 1. The van der Waals surface area contributed by atoms with E-state index in [4.69, 9.17) is 23.2 Å². The first kappa shape index (κ1) is 15.1. The second kappa shape index (κ2) is 6.55. The summed E-state index contributed by atoms with van der Waals surface area (Å²) >= 11 is 12.0. The average Bonchev–Trinajstić information content (AvgIpc) is 3.33. The Bertz CT molecular complexity index is 525. The number of amides is 1. The highest BCUT2D eigenvalue weighted by molar-refractivity contribution is 6.42. The summed E-state index contributed by atoms with van der Waals surface area (Å²) < 4.78 is 0. The van der Waals surface area contributed by atoms with Crippen molar-refractivity contribution >= 4 is 29.1 Å². The van der Waals surface area contributed by atoms with E-state index in [2.05, 4.69) is 5.32 Å². The van der Waals surface area contributed by atoms with Gasteiger partial charge < -0.3 is 10.2 Å². The lowest BCUT2D eigenvalue weighted by molar-refractivity contribution is -0.135. The van der Waals surface area contributed by atoms with Crippen molar-refractivity contribution in [2.24, 2.45) is 0 Å². The number of nitrogens with zero attached hydrogens (tertiary/aromatic N) is 1. The molecule has 3 nitrogen and oxygen atoms in total. The van der Waals surface area contributed by atoms with E-state index in [0.717, 1.165) is 37.8 Å². The molecule has 1 N–H and O–H groups in total. The van der Waals surface area contributed by atoms with Crippen LogP contribution in [0.4, 0.5) is 0 Å². The maximum Gasteiger partial charge on any atom is 0.240 e. The van der Waals surface area contributed by atoms with Gasteiger partial charge in [-0.3, -0.25) is 4.79 Å². The predicted octanol–water partition coefficient (Wildman–Crippen LogP) is 3.63. The molecule has 0 radical (unpaired) electrons. The van der Waals surface area contributed by atoms with Gasteiger partial charge >= 0.3 is 0 Å². The molecule has 0 spiro atoms. The van der Waals surface area contributed by atoms with Crippen LogP contribution in [0.2, 0.25) is 10.0 Å². The first-order valence-corrected chi connectivity index (χ1v) is 8.38. The third kappa shape index (κ3) is 3.71. The number of halogens is 2. The molecule has 3 rings (SSSR count). The quantitative estimate of drug-likeness (QED) is 0.916. The van der Waals surface area contributed by atoms with Crippen LogP contribution in [0.5, 0.6) is 0 Å². The van der Waals surface area contributed by atoms with Gasteiger partial charge in [-0.05, 0) is 49.9 Å². The standard InChI is InChI=1S/C16H20Cl2N2O/c17-13-7-4-11(9-14(13)18)10-20(12-5-6-12)16(21)15-3-1-2-8-19-15/h4,7,9,12,15,19H,1-3,5-6,8,10H2/t15-/m1/s1. The Morgan fingerprint density at radius 1 is 1.19 bits per heavy atom. The molecule has 1 atom stereocenters. The van der Waals surface area contributed by atoms with E-state index in [1.165, 1.54) is 6.42 Å². The zero-order valence-corrected chi connectivity index (χ0v) is 13.5. The number of carbonyl (C=O) groups excluding carboxylic acids is 1. The SMILES string of the molecule is O=C([C@H]1CCCCN1)N(Cc1ccc(Cl)c(Cl)c1)C1CC1. The van der Waals surface area contributed by atoms with Gasteiger partial charge in [0.05, 0.1) is 16.1 Å². The smallest absolute Gasteiger partial charge is 0.240 e. The summed E-state index contributed by atoms with van der Waals surface area (Å²) in [5.74, 6) is 0.239. The minimum absolute atomic E-state index is 0.0119. The normalized spacial score (nSPS) is 22.1. The van der Waals surface area contributed by atoms with Crippen LogP contribution in [0.25, 0.3) is 0 Å². The van der Waals surface area contributed by atoms with Gasteiger partial charge in [0.2, 0.25) is 5.91 Å². The molecular weight excluding hydrogens is 307 g/mol. The monoisotopic (exact) mass is 326 g/mol. The molecule has 1 aromatic rings. The van der Waals surface area contributed by atoms with Crippen LogP contribution in [0.3, 0.4) is 0 Å².